The van der Waals surface area contributed by atoms with Gasteiger partial charge >= 0.3 is 0 Å². The molecule has 4 rings (SSSR count). The smallest absolute Gasteiger partial charge is 0.293 e. The fraction of sp³-hybridized carbons (Fsp3) is 0.550. The molecule has 1 aromatic carbocycles. The van der Waals surface area contributed by atoms with Crippen molar-refractivity contribution in [2.24, 2.45) is 5.92 Å². The molecule has 10 nitrogen and oxygen atoms in total. The maximum Gasteiger partial charge on any atom is 0.293 e. The molecule has 1 fully saturated rings. The molecule has 0 bridgehead atoms. The molecule has 2 N–H and O–H groups in total. The highest BCUT2D eigenvalue weighted by atomic mass is 16.6. The summed E-state index contributed by atoms with van der Waals surface area (Å²) in [6, 6.07) is 3.19. The first kappa shape index (κ1) is 20.1. The lowest BCUT2D eigenvalue weighted by atomic mass is 9.87. The van der Waals surface area contributed by atoms with Gasteiger partial charge in [-0.2, -0.15) is 5.10 Å². The number of hydrogen-bond donors (Lipinski definition) is 2. The molecule has 1 amide bonds. The molecule has 1 aliphatic heterocycles. The standard InChI is InChI=1S/C20H27N7O3/c1-13-3-5-14(6-4-13)24-20(28)15-9-18(27(29)30)16(21-2)10-17(15)25-7-8-26-19(11-25)22-12-23-26/h9-10,12-14,21H,3-8,11H2,1-2H3,(H,24,28). The molecule has 10 heteroatoms. The van der Waals surface area contributed by atoms with Crippen LogP contribution >= 0.6 is 0 Å². The monoisotopic (exact) mass is 413 g/mol. The summed E-state index contributed by atoms with van der Waals surface area (Å²) in [6.45, 7) is 3.99. The molecule has 0 unspecified atom stereocenters. The third kappa shape index (κ3) is 3.94. The van der Waals surface area contributed by atoms with Crippen LogP contribution in [0.5, 0.6) is 0 Å². The van der Waals surface area contributed by atoms with Crippen molar-refractivity contribution in [2.45, 2.75) is 51.7 Å². The van der Waals surface area contributed by atoms with Gasteiger partial charge < -0.3 is 15.5 Å². The van der Waals surface area contributed by atoms with Crippen molar-refractivity contribution in [2.75, 3.05) is 23.8 Å². The molecule has 1 aromatic heterocycles. The number of fused-ring (bicyclic) bond motifs is 1. The van der Waals surface area contributed by atoms with Gasteiger partial charge in [-0.05, 0) is 37.7 Å². The Balaban J connectivity index is 1.67. The van der Waals surface area contributed by atoms with E-state index >= 15 is 0 Å². The predicted molar refractivity (Wildman–Crippen MR) is 113 cm³/mol. The summed E-state index contributed by atoms with van der Waals surface area (Å²) in [4.78, 5) is 30.7. The zero-order valence-corrected chi connectivity index (χ0v) is 17.3. The average molecular weight is 413 g/mol. The van der Waals surface area contributed by atoms with Crippen molar-refractivity contribution in [3.8, 4) is 0 Å². The summed E-state index contributed by atoms with van der Waals surface area (Å²) in [7, 11) is 1.64. The molecule has 30 heavy (non-hydrogen) atoms. The maximum atomic E-state index is 13.2. The van der Waals surface area contributed by atoms with Crippen LogP contribution in [0.3, 0.4) is 0 Å². The Bertz CT molecular complexity index is 950. The zero-order chi connectivity index (χ0) is 21.3. The van der Waals surface area contributed by atoms with E-state index in [4.69, 9.17) is 0 Å². The van der Waals surface area contributed by atoms with E-state index in [2.05, 4.69) is 27.6 Å². The molecule has 0 radical (unpaired) electrons. The van der Waals surface area contributed by atoms with Crippen molar-refractivity contribution in [1.29, 1.82) is 0 Å². The number of amides is 1. The van der Waals surface area contributed by atoms with Crippen LogP contribution in [0.2, 0.25) is 0 Å². The van der Waals surface area contributed by atoms with E-state index in [0.717, 1.165) is 31.5 Å². The second-order valence-corrected chi connectivity index (χ2v) is 8.14. The minimum atomic E-state index is -0.457. The highest BCUT2D eigenvalue weighted by molar-refractivity contribution is 6.02. The van der Waals surface area contributed by atoms with Gasteiger partial charge in [-0.1, -0.05) is 6.92 Å². The molecule has 1 saturated carbocycles. The Kier molecular flexibility index (Phi) is 5.56. The normalized spacial score (nSPS) is 21.1. The van der Waals surface area contributed by atoms with Crippen LogP contribution in [0.4, 0.5) is 17.1 Å². The van der Waals surface area contributed by atoms with Gasteiger partial charge in [0, 0.05) is 25.7 Å². The molecule has 2 heterocycles. The lowest BCUT2D eigenvalue weighted by molar-refractivity contribution is -0.383. The Morgan fingerprint density at radius 3 is 2.70 bits per heavy atom. The van der Waals surface area contributed by atoms with E-state index < -0.39 is 4.92 Å². The van der Waals surface area contributed by atoms with E-state index in [1.807, 2.05) is 9.58 Å². The second-order valence-electron chi connectivity index (χ2n) is 8.14. The van der Waals surface area contributed by atoms with Gasteiger partial charge in [0.1, 0.15) is 17.8 Å². The molecule has 2 aromatic rings. The van der Waals surface area contributed by atoms with E-state index in [-0.39, 0.29) is 17.6 Å². The summed E-state index contributed by atoms with van der Waals surface area (Å²) in [5.74, 6) is 1.22. The van der Waals surface area contributed by atoms with Gasteiger partial charge in [0.25, 0.3) is 11.6 Å². The number of nitrogens with one attached hydrogen (secondary N) is 2. The van der Waals surface area contributed by atoms with Crippen molar-refractivity contribution >= 4 is 23.0 Å². The fourth-order valence-electron chi connectivity index (χ4n) is 4.31. The first-order valence-electron chi connectivity index (χ1n) is 10.4. The minimum absolute atomic E-state index is 0.106. The molecular weight excluding hydrogens is 386 g/mol. The number of rotatable bonds is 5. The maximum absolute atomic E-state index is 13.2. The Morgan fingerprint density at radius 1 is 1.23 bits per heavy atom. The molecule has 1 aliphatic carbocycles. The van der Waals surface area contributed by atoms with Crippen LogP contribution in [-0.2, 0) is 13.1 Å². The van der Waals surface area contributed by atoms with Crippen molar-refractivity contribution < 1.29 is 9.72 Å². The SMILES string of the molecule is CNc1cc(N2CCn3ncnc3C2)c(C(=O)NC2CCC(C)CC2)cc1[N+](=O)[O-]. The van der Waals surface area contributed by atoms with Gasteiger partial charge in [0.05, 0.1) is 29.3 Å². The molecule has 0 saturated heterocycles. The number of carbonyl (C=O) groups excluding carboxylic acids is 1. The molecule has 0 spiro atoms. The predicted octanol–water partition coefficient (Wildman–Crippen LogP) is 2.56. The molecule has 2 aliphatic rings. The van der Waals surface area contributed by atoms with Crippen molar-refractivity contribution in [3.63, 3.8) is 0 Å². The lowest BCUT2D eigenvalue weighted by Gasteiger charge is -2.31. The topological polar surface area (TPSA) is 118 Å². The number of hydrogen-bond acceptors (Lipinski definition) is 7. The van der Waals surface area contributed by atoms with Gasteiger partial charge in [-0.3, -0.25) is 14.9 Å². The highest BCUT2D eigenvalue weighted by Gasteiger charge is 2.28. The molecular formula is C20H27N7O3. The average Bonchev–Trinajstić information content (AvgIpc) is 3.22. The largest absolute Gasteiger partial charge is 0.383 e. The van der Waals surface area contributed by atoms with Crippen LogP contribution in [0, 0.1) is 16.0 Å². The molecule has 0 atom stereocenters. The van der Waals surface area contributed by atoms with Gasteiger partial charge in [-0.15, -0.1) is 0 Å². The number of nitrogens with zero attached hydrogens (tertiary/aromatic N) is 5. The summed E-state index contributed by atoms with van der Waals surface area (Å²) in [5, 5.41) is 21.8. The zero-order valence-electron chi connectivity index (χ0n) is 17.3. The summed E-state index contributed by atoms with van der Waals surface area (Å²) in [5.41, 5.74) is 1.27. The third-order valence-electron chi connectivity index (χ3n) is 6.13. The van der Waals surface area contributed by atoms with Crippen LogP contribution in [0.1, 0.15) is 48.8 Å². The third-order valence-corrected chi connectivity index (χ3v) is 6.13. The number of benzene rings is 1. The lowest BCUT2D eigenvalue weighted by Crippen LogP contribution is -2.39. The van der Waals surface area contributed by atoms with Gasteiger partial charge in [0.2, 0.25) is 0 Å². The first-order chi connectivity index (χ1) is 14.5. The number of nitro benzene ring substituents is 1. The van der Waals surface area contributed by atoms with E-state index in [1.54, 1.807) is 13.1 Å². The van der Waals surface area contributed by atoms with Crippen molar-refractivity contribution in [3.05, 3.63) is 40.0 Å². The highest BCUT2D eigenvalue weighted by Crippen LogP contribution is 2.35. The van der Waals surface area contributed by atoms with Gasteiger partial charge in [-0.25, -0.2) is 9.67 Å². The summed E-state index contributed by atoms with van der Waals surface area (Å²) in [6.07, 6.45) is 5.56. The van der Waals surface area contributed by atoms with Crippen LogP contribution in [-0.4, -0.2) is 45.2 Å². The minimum Gasteiger partial charge on any atom is -0.383 e. The van der Waals surface area contributed by atoms with Crippen molar-refractivity contribution in [1.82, 2.24) is 20.1 Å². The number of anilines is 2. The number of aromatic nitrogens is 3. The van der Waals surface area contributed by atoms with E-state index in [9.17, 15) is 14.9 Å². The first-order valence-corrected chi connectivity index (χ1v) is 10.4. The van der Waals surface area contributed by atoms with E-state index in [1.165, 1.54) is 12.4 Å². The summed E-state index contributed by atoms with van der Waals surface area (Å²) >= 11 is 0. The molecule has 160 valence electrons. The Hall–Kier alpha value is -3.17. The quantitative estimate of drug-likeness (QED) is 0.571. The second kappa shape index (κ2) is 8.29. The van der Waals surface area contributed by atoms with Crippen LogP contribution < -0.4 is 15.5 Å². The number of carbonyl (C=O) groups is 1. The summed E-state index contributed by atoms with van der Waals surface area (Å²) < 4.78 is 1.84. The van der Waals surface area contributed by atoms with E-state index in [0.29, 0.717) is 42.5 Å². The Labute approximate surface area is 174 Å². The fourth-order valence-corrected chi connectivity index (χ4v) is 4.31. The Morgan fingerprint density at radius 2 is 2.00 bits per heavy atom. The van der Waals surface area contributed by atoms with Gasteiger partial charge in [0.15, 0.2) is 0 Å². The number of nitro groups is 1. The van der Waals surface area contributed by atoms with Crippen LogP contribution in [0.15, 0.2) is 18.5 Å². The van der Waals surface area contributed by atoms with Crippen LogP contribution in [0.25, 0.3) is 0 Å².